The summed E-state index contributed by atoms with van der Waals surface area (Å²) in [5.74, 6) is 0.908. The van der Waals surface area contributed by atoms with E-state index in [1.54, 1.807) is 0 Å². The molecule has 1 atom stereocenters. The van der Waals surface area contributed by atoms with Crippen LogP contribution in [0.4, 0.5) is 0 Å². The molecular weight excluding hydrogens is 246 g/mol. The molecule has 1 saturated heterocycles. The van der Waals surface area contributed by atoms with E-state index in [1.165, 1.54) is 62.9 Å². The molecule has 3 nitrogen and oxygen atoms in total. The van der Waals surface area contributed by atoms with Crippen molar-refractivity contribution in [1.29, 1.82) is 0 Å². The fourth-order valence-electron chi connectivity index (χ4n) is 3.87. The van der Waals surface area contributed by atoms with E-state index < -0.39 is 0 Å². The zero-order chi connectivity index (χ0) is 14.0. The number of aryl methyl sites for hydroxylation is 2. The van der Waals surface area contributed by atoms with Crippen LogP contribution in [0.5, 0.6) is 0 Å². The second-order valence-electron chi connectivity index (χ2n) is 6.64. The molecule has 2 fully saturated rings. The number of hydrogen-bond acceptors (Lipinski definition) is 2. The molecule has 112 valence electrons. The van der Waals surface area contributed by atoms with Gasteiger partial charge in [0, 0.05) is 24.2 Å². The molecule has 0 radical (unpaired) electrons. The number of hydrogen-bond donors (Lipinski definition) is 1. The maximum atomic E-state index is 4.74. The van der Waals surface area contributed by atoms with E-state index in [0.717, 1.165) is 18.9 Å². The van der Waals surface area contributed by atoms with Crippen molar-refractivity contribution in [3.05, 3.63) is 17.5 Å². The van der Waals surface area contributed by atoms with Crippen LogP contribution in [0, 0.1) is 5.92 Å². The molecule has 1 aromatic heterocycles. The Hall–Kier alpha value is -0.830. The average Bonchev–Trinajstić information content (AvgIpc) is 3.26. The van der Waals surface area contributed by atoms with Crippen molar-refractivity contribution in [2.24, 2.45) is 5.92 Å². The first-order chi connectivity index (χ1) is 9.77. The van der Waals surface area contributed by atoms with Gasteiger partial charge in [-0.3, -0.25) is 4.68 Å². The van der Waals surface area contributed by atoms with Crippen LogP contribution < -0.4 is 5.32 Å². The van der Waals surface area contributed by atoms with Crippen LogP contribution in [0.1, 0.15) is 63.8 Å². The Morgan fingerprint density at radius 2 is 2.15 bits per heavy atom. The summed E-state index contributed by atoms with van der Waals surface area (Å²) in [6.07, 6.45) is 10.6. The van der Waals surface area contributed by atoms with Gasteiger partial charge in [-0.1, -0.05) is 19.8 Å². The molecule has 20 heavy (non-hydrogen) atoms. The van der Waals surface area contributed by atoms with Crippen LogP contribution in [0.15, 0.2) is 6.07 Å². The normalized spacial score (nSPS) is 27.5. The molecule has 1 aromatic rings. The van der Waals surface area contributed by atoms with Crippen molar-refractivity contribution in [2.45, 2.75) is 77.3 Å². The number of rotatable bonds is 5. The van der Waals surface area contributed by atoms with E-state index in [4.69, 9.17) is 5.10 Å². The lowest BCUT2D eigenvalue weighted by molar-refractivity contribution is 0.265. The molecule has 3 heteroatoms. The number of nitrogens with zero attached hydrogens (tertiary/aromatic N) is 2. The monoisotopic (exact) mass is 275 g/mol. The highest BCUT2D eigenvalue weighted by Gasteiger charge is 2.45. The first kappa shape index (κ1) is 14.1. The number of nitrogens with one attached hydrogen (secondary N) is 1. The molecule has 1 unspecified atom stereocenters. The summed E-state index contributed by atoms with van der Waals surface area (Å²) >= 11 is 0. The van der Waals surface area contributed by atoms with Crippen molar-refractivity contribution in [3.8, 4) is 0 Å². The minimum Gasteiger partial charge on any atom is -0.311 e. The first-order valence-corrected chi connectivity index (χ1v) is 8.58. The van der Waals surface area contributed by atoms with Gasteiger partial charge < -0.3 is 5.32 Å². The third-order valence-corrected chi connectivity index (χ3v) is 5.21. The Bertz CT molecular complexity index is 437. The topological polar surface area (TPSA) is 29.9 Å². The lowest BCUT2D eigenvalue weighted by Crippen LogP contribution is -2.49. The molecule has 1 aliphatic heterocycles. The zero-order valence-electron chi connectivity index (χ0n) is 13.1. The van der Waals surface area contributed by atoms with E-state index in [-0.39, 0.29) is 0 Å². The quantitative estimate of drug-likeness (QED) is 0.893. The van der Waals surface area contributed by atoms with Crippen LogP contribution >= 0.6 is 0 Å². The fourth-order valence-corrected chi connectivity index (χ4v) is 3.87. The van der Waals surface area contributed by atoms with Gasteiger partial charge in [0.2, 0.25) is 0 Å². The standard InChI is InChI=1S/C17H29N3/c1-3-15-12-16(20(4-2)19-15)13-17(14-8-9-14)10-6-5-7-11-18-17/h12,14,18H,3-11,13H2,1-2H3. The molecule has 0 amide bonds. The predicted octanol–water partition coefficient (Wildman–Crippen LogP) is 3.32. The lowest BCUT2D eigenvalue weighted by Gasteiger charge is -2.34. The van der Waals surface area contributed by atoms with Crippen LogP contribution in [0.3, 0.4) is 0 Å². The van der Waals surface area contributed by atoms with Gasteiger partial charge in [0.05, 0.1) is 5.69 Å². The summed E-state index contributed by atoms with van der Waals surface area (Å²) in [6.45, 7) is 6.61. The maximum Gasteiger partial charge on any atom is 0.0624 e. The Kier molecular flexibility index (Phi) is 4.16. The van der Waals surface area contributed by atoms with E-state index in [0.29, 0.717) is 5.54 Å². The summed E-state index contributed by atoms with van der Waals surface area (Å²) in [5.41, 5.74) is 3.07. The van der Waals surface area contributed by atoms with Gasteiger partial charge in [-0.05, 0) is 57.6 Å². The Morgan fingerprint density at radius 1 is 1.30 bits per heavy atom. The van der Waals surface area contributed by atoms with Crippen molar-refractivity contribution in [1.82, 2.24) is 15.1 Å². The maximum absolute atomic E-state index is 4.74. The summed E-state index contributed by atoms with van der Waals surface area (Å²) in [5, 5.41) is 8.68. The van der Waals surface area contributed by atoms with Crippen molar-refractivity contribution >= 4 is 0 Å². The third kappa shape index (κ3) is 2.78. The van der Waals surface area contributed by atoms with Crippen LogP contribution in [-0.4, -0.2) is 21.9 Å². The van der Waals surface area contributed by atoms with Crippen molar-refractivity contribution in [3.63, 3.8) is 0 Å². The Labute approximate surface area is 123 Å². The lowest BCUT2D eigenvalue weighted by atomic mass is 9.83. The first-order valence-electron chi connectivity index (χ1n) is 8.58. The Balaban J connectivity index is 1.83. The highest BCUT2D eigenvalue weighted by atomic mass is 15.3. The van der Waals surface area contributed by atoms with Crippen molar-refractivity contribution < 1.29 is 0 Å². The zero-order valence-corrected chi connectivity index (χ0v) is 13.1. The second kappa shape index (κ2) is 5.88. The molecular formula is C17H29N3. The molecule has 1 aliphatic carbocycles. The van der Waals surface area contributed by atoms with Gasteiger partial charge in [-0.15, -0.1) is 0 Å². The average molecular weight is 275 g/mol. The highest BCUT2D eigenvalue weighted by molar-refractivity contribution is 5.17. The summed E-state index contributed by atoms with van der Waals surface area (Å²) < 4.78 is 2.23. The van der Waals surface area contributed by atoms with Gasteiger partial charge in [0.1, 0.15) is 0 Å². The van der Waals surface area contributed by atoms with Gasteiger partial charge in [0.25, 0.3) is 0 Å². The van der Waals surface area contributed by atoms with E-state index in [9.17, 15) is 0 Å². The summed E-state index contributed by atoms with van der Waals surface area (Å²) in [7, 11) is 0. The van der Waals surface area contributed by atoms with Crippen LogP contribution in [-0.2, 0) is 19.4 Å². The fraction of sp³-hybridized carbons (Fsp3) is 0.824. The van der Waals surface area contributed by atoms with Gasteiger partial charge in [-0.2, -0.15) is 5.10 Å². The summed E-state index contributed by atoms with van der Waals surface area (Å²) in [4.78, 5) is 0. The third-order valence-electron chi connectivity index (χ3n) is 5.21. The molecule has 0 aromatic carbocycles. The van der Waals surface area contributed by atoms with Gasteiger partial charge >= 0.3 is 0 Å². The van der Waals surface area contributed by atoms with Crippen molar-refractivity contribution in [2.75, 3.05) is 6.54 Å². The summed E-state index contributed by atoms with van der Waals surface area (Å²) in [6, 6.07) is 2.35. The molecule has 0 spiro atoms. The molecule has 3 rings (SSSR count). The smallest absolute Gasteiger partial charge is 0.0624 e. The largest absolute Gasteiger partial charge is 0.311 e. The molecule has 2 heterocycles. The van der Waals surface area contributed by atoms with Crippen LogP contribution in [0.2, 0.25) is 0 Å². The van der Waals surface area contributed by atoms with Crippen LogP contribution in [0.25, 0.3) is 0 Å². The SMILES string of the molecule is CCc1cc(CC2(C3CC3)CCCCCN2)n(CC)n1. The molecule has 2 aliphatic rings. The molecule has 1 saturated carbocycles. The minimum atomic E-state index is 0.370. The molecule has 0 bridgehead atoms. The second-order valence-corrected chi connectivity index (χ2v) is 6.64. The van der Waals surface area contributed by atoms with E-state index in [2.05, 4.69) is 29.9 Å². The van der Waals surface area contributed by atoms with E-state index >= 15 is 0 Å². The predicted molar refractivity (Wildman–Crippen MR) is 82.9 cm³/mol. The van der Waals surface area contributed by atoms with E-state index in [1.807, 2.05) is 0 Å². The highest BCUT2D eigenvalue weighted by Crippen LogP contribution is 2.45. The minimum absolute atomic E-state index is 0.370. The Morgan fingerprint density at radius 3 is 2.85 bits per heavy atom. The number of aromatic nitrogens is 2. The molecule has 1 N–H and O–H groups in total. The van der Waals surface area contributed by atoms with Gasteiger partial charge in [-0.25, -0.2) is 0 Å². The van der Waals surface area contributed by atoms with Gasteiger partial charge in [0.15, 0.2) is 0 Å².